The van der Waals surface area contributed by atoms with Crippen molar-refractivity contribution in [2.45, 2.75) is 25.4 Å². The molecule has 16 heavy (non-hydrogen) atoms. The van der Waals surface area contributed by atoms with Crippen molar-refractivity contribution in [3.05, 3.63) is 18.1 Å². The van der Waals surface area contributed by atoms with Gasteiger partial charge in [-0.05, 0) is 25.2 Å². The van der Waals surface area contributed by atoms with Gasteiger partial charge < -0.3 is 10.4 Å². The molecule has 1 aromatic rings. The minimum absolute atomic E-state index is 0.163. The van der Waals surface area contributed by atoms with Crippen LogP contribution >= 0.6 is 0 Å². The highest BCUT2D eigenvalue weighted by Gasteiger charge is 2.22. The Hall–Kier alpha value is -1.67. The van der Waals surface area contributed by atoms with E-state index < -0.39 is 0 Å². The van der Waals surface area contributed by atoms with E-state index in [1.54, 1.807) is 6.20 Å². The summed E-state index contributed by atoms with van der Waals surface area (Å²) in [6.45, 7) is 0.741. The van der Waals surface area contributed by atoms with E-state index in [4.69, 9.17) is 5.26 Å². The number of nitrogens with one attached hydrogen (secondary N) is 1. The molecule has 1 aliphatic rings. The first kappa shape index (κ1) is 10.8. The SMILES string of the molecule is N#Cc1nccnc1NCC1CCC(O)C1. The molecule has 2 N–H and O–H groups in total. The number of hydrogen-bond acceptors (Lipinski definition) is 5. The Morgan fingerprint density at radius 2 is 2.25 bits per heavy atom. The Morgan fingerprint density at radius 3 is 2.94 bits per heavy atom. The molecule has 5 heteroatoms. The van der Waals surface area contributed by atoms with Gasteiger partial charge in [-0.2, -0.15) is 5.26 Å². The summed E-state index contributed by atoms with van der Waals surface area (Å²) in [6, 6.07) is 1.99. The zero-order valence-corrected chi connectivity index (χ0v) is 8.93. The van der Waals surface area contributed by atoms with Crippen molar-refractivity contribution in [3.63, 3.8) is 0 Å². The topological polar surface area (TPSA) is 81.8 Å². The molecule has 0 radical (unpaired) electrons. The maximum absolute atomic E-state index is 9.39. The van der Waals surface area contributed by atoms with Crippen molar-refractivity contribution in [2.24, 2.45) is 5.92 Å². The Balaban J connectivity index is 1.92. The lowest BCUT2D eigenvalue weighted by Gasteiger charge is -2.11. The number of nitrogens with zero attached hydrogens (tertiary/aromatic N) is 3. The molecule has 1 fully saturated rings. The summed E-state index contributed by atoms with van der Waals surface area (Å²) >= 11 is 0. The summed E-state index contributed by atoms with van der Waals surface area (Å²) in [7, 11) is 0. The van der Waals surface area contributed by atoms with Crippen molar-refractivity contribution in [1.82, 2.24) is 9.97 Å². The minimum Gasteiger partial charge on any atom is -0.393 e. The van der Waals surface area contributed by atoms with E-state index in [9.17, 15) is 5.11 Å². The van der Waals surface area contributed by atoms with Gasteiger partial charge in [-0.1, -0.05) is 0 Å². The third-order valence-electron chi connectivity index (χ3n) is 2.88. The lowest BCUT2D eigenvalue weighted by atomic mass is 10.1. The number of aliphatic hydroxyl groups is 1. The van der Waals surface area contributed by atoms with Crippen molar-refractivity contribution < 1.29 is 5.11 Å². The second-order valence-electron chi connectivity index (χ2n) is 4.08. The molecular weight excluding hydrogens is 204 g/mol. The van der Waals surface area contributed by atoms with Crippen LogP contribution < -0.4 is 5.32 Å². The summed E-state index contributed by atoms with van der Waals surface area (Å²) in [5, 5.41) is 21.3. The molecule has 2 rings (SSSR count). The lowest BCUT2D eigenvalue weighted by Crippen LogP contribution is -2.14. The molecule has 1 aromatic heterocycles. The fourth-order valence-corrected chi connectivity index (χ4v) is 2.02. The maximum Gasteiger partial charge on any atom is 0.182 e. The highest BCUT2D eigenvalue weighted by molar-refractivity contribution is 5.46. The molecule has 1 aliphatic carbocycles. The van der Waals surface area contributed by atoms with Gasteiger partial charge in [-0.3, -0.25) is 0 Å². The van der Waals surface area contributed by atoms with Gasteiger partial charge in [0.25, 0.3) is 0 Å². The van der Waals surface area contributed by atoms with Crippen molar-refractivity contribution >= 4 is 5.82 Å². The maximum atomic E-state index is 9.39. The van der Waals surface area contributed by atoms with Crippen molar-refractivity contribution in [2.75, 3.05) is 11.9 Å². The molecule has 1 saturated carbocycles. The van der Waals surface area contributed by atoms with Crippen LogP contribution in [0.1, 0.15) is 25.0 Å². The zero-order chi connectivity index (χ0) is 11.4. The Kier molecular flexibility index (Phi) is 3.32. The molecular formula is C11H14N4O. The van der Waals surface area contributed by atoms with Crippen LogP contribution in [0.4, 0.5) is 5.82 Å². The monoisotopic (exact) mass is 218 g/mol. The second kappa shape index (κ2) is 4.90. The van der Waals surface area contributed by atoms with Gasteiger partial charge in [0.15, 0.2) is 11.5 Å². The van der Waals surface area contributed by atoms with Gasteiger partial charge in [-0.15, -0.1) is 0 Å². The Morgan fingerprint density at radius 1 is 1.44 bits per heavy atom. The van der Waals surface area contributed by atoms with Gasteiger partial charge >= 0.3 is 0 Å². The van der Waals surface area contributed by atoms with Crippen molar-refractivity contribution in [3.8, 4) is 6.07 Å². The van der Waals surface area contributed by atoms with E-state index >= 15 is 0 Å². The fourth-order valence-electron chi connectivity index (χ4n) is 2.02. The quantitative estimate of drug-likeness (QED) is 0.788. The predicted molar refractivity (Wildman–Crippen MR) is 58.6 cm³/mol. The Labute approximate surface area is 94.2 Å². The Bertz CT molecular complexity index is 401. The number of rotatable bonds is 3. The van der Waals surface area contributed by atoms with E-state index in [-0.39, 0.29) is 6.10 Å². The molecule has 0 spiro atoms. The number of nitriles is 1. The van der Waals surface area contributed by atoms with E-state index in [2.05, 4.69) is 15.3 Å². The molecule has 2 unspecified atom stereocenters. The van der Waals surface area contributed by atoms with Crippen LogP contribution in [0, 0.1) is 17.2 Å². The van der Waals surface area contributed by atoms with Crippen LogP contribution in [0.2, 0.25) is 0 Å². The summed E-state index contributed by atoms with van der Waals surface area (Å²) in [6.07, 6.45) is 5.63. The van der Waals surface area contributed by atoms with Crippen LogP contribution in [-0.2, 0) is 0 Å². The minimum atomic E-state index is -0.163. The smallest absolute Gasteiger partial charge is 0.182 e. The van der Waals surface area contributed by atoms with Crippen LogP contribution in [0.5, 0.6) is 0 Å². The molecule has 84 valence electrons. The van der Waals surface area contributed by atoms with Crippen LogP contribution in [-0.4, -0.2) is 27.7 Å². The summed E-state index contributed by atoms with van der Waals surface area (Å²) in [5.74, 6) is 0.995. The zero-order valence-electron chi connectivity index (χ0n) is 8.93. The first-order valence-electron chi connectivity index (χ1n) is 5.42. The van der Waals surface area contributed by atoms with Gasteiger partial charge in [-0.25, -0.2) is 9.97 Å². The average molecular weight is 218 g/mol. The molecule has 0 saturated heterocycles. The summed E-state index contributed by atoms with van der Waals surface area (Å²) in [5.41, 5.74) is 0.320. The molecule has 0 amide bonds. The average Bonchev–Trinajstić information content (AvgIpc) is 2.73. The number of aromatic nitrogens is 2. The van der Waals surface area contributed by atoms with E-state index in [1.807, 2.05) is 6.07 Å². The highest BCUT2D eigenvalue weighted by Crippen LogP contribution is 2.25. The van der Waals surface area contributed by atoms with Crippen molar-refractivity contribution in [1.29, 1.82) is 5.26 Å². The molecule has 1 heterocycles. The van der Waals surface area contributed by atoms with Gasteiger partial charge in [0, 0.05) is 18.9 Å². The first-order valence-corrected chi connectivity index (χ1v) is 5.42. The molecule has 0 bridgehead atoms. The normalized spacial score (nSPS) is 24.0. The van der Waals surface area contributed by atoms with E-state index in [0.717, 1.165) is 25.8 Å². The first-order chi connectivity index (χ1) is 7.79. The van der Waals surface area contributed by atoms with Gasteiger partial charge in [0.05, 0.1) is 6.10 Å². The van der Waals surface area contributed by atoms with Gasteiger partial charge in [0.2, 0.25) is 0 Å². The lowest BCUT2D eigenvalue weighted by molar-refractivity contribution is 0.178. The predicted octanol–water partition coefficient (Wildman–Crippen LogP) is 0.921. The standard InChI is InChI=1S/C11H14N4O/c12-6-10-11(14-4-3-13-10)15-7-8-1-2-9(16)5-8/h3-4,8-9,16H,1-2,5,7H2,(H,14,15). The van der Waals surface area contributed by atoms with E-state index in [0.29, 0.717) is 17.4 Å². The van der Waals surface area contributed by atoms with Gasteiger partial charge in [0.1, 0.15) is 6.07 Å². The summed E-state index contributed by atoms with van der Waals surface area (Å²) < 4.78 is 0. The van der Waals surface area contributed by atoms with E-state index in [1.165, 1.54) is 6.20 Å². The molecule has 0 aliphatic heterocycles. The third-order valence-corrected chi connectivity index (χ3v) is 2.88. The molecule has 5 nitrogen and oxygen atoms in total. The highest BCUT2D eigenvalue weighted by atomic mass is 16.3. The molecule has 2 atom stereocenters. The van der Waals surface area contributed by atoms with Crippen LogP contribution in [0.25, 0.3) is 0 Å². The number of hydrogen-bond donors (Lipinski definition) is 2. The molecule has 0 aromatic carbocycles. The van der Waals surface area contributed by atoms with Crippen LogP contribution in [0.15, 0.2) is 12.4 Å². The summed E-state index contributed by atoms with van der Waals surface area (Å²) in [4.78, 5) is 7.99. The second-order valence-corrected chi connectivity index (χ2v) is 4.08. The third kappa shape index (κ3) is 2.47. The number of anilines is 1. The fraction of sp³-hybridized carbons (Fsp3) is 0.545. The number of aliphatic hydroxyl groups excluding tert-OH is 1. The van der Waals surface area contributed by atoms with Crippen LogP contribution in [0.3, 0.4) is 0 Å². The largest absolute Gasteiger partial charge is 0.393 e.